The summed E-state index contributed by atoms with van der Waals surface area (Å²) in [5, 5.41) is 3.03. The average molecular weight is 324 g/mol. The average Bonchev–Trinajstić information content (AvgIpc) is 1.69. The molecule has 3 heteroatoms. The van der Waals surface area contributed by atoms with Gasteiger partial charge in [0.1, 0.15) is 0 Å². The van der Waals surface area contributed by atoms with Crippen LogP contribution in [0.3, 0.4) is 0 Å². The number of hydrogen-bond acceptors (Lipinski definition) is 1. The van der Waals surface area contributed by atoms with Crippen LogP contribution >= 0.6 is 18.6 Å². The standard InChI is InChI=1S/C4H8I2N/c1-7-4-2-3-6-5/h2-3,7H,4H2,1H3/q-1/b3-2+. The van der Waals surface area contributed by atoms with E-state index in [1.165, 1.54) is 0 Å². The molecule has 0 aliphatic heterocycles. The van der Waals surface area contributed by atoms with E-state index in [0.29, 0.717) is 17.2 Å². The summed E-state index contributed by atoms with van der Waals surface area (Å²) in [4.78, 5) is 0. The Balaban J connectivity index is 2.78. The zero-order chi connectivity index (χ0) is 5.54. The molecule has 0 saturated heterocycles. The summed E-state index contributed by atoms with van der Waals surface area (Å²) in [6.45, 7) is 1.02. The maximum absolute atomic E-state index is 3.03. The number of likely N-dealkylation sites (N-methyl/N-ethyl adjacent to an activating group) is 1. The molecule has 0 radical (unpaired) electrons. The van der Waals surface area contributed by atoms with Crippen LogP contribution in [0.2, 0.25) is 0 Å². The molecule has 0 heterocycles. The van der Waals surface area contributed by atoms with Gasteiger partial charge in [0, 0.05) is 0 Å². The second kappa shape index (κ2) is 7.16. The Hall–Kier alpha value is 1.16. The van der Waals surface area contributed by atoms with E-state index >= 15 is 0 Å². The van der Waals surface area contributed by atoms with Crippen molar-refractivity contribution in [3.63, 3.8) is 0 Å². The van der Waals surface area contributed by atoms with Gasteiger partial charge in [-0.2, -0.15) is 0 Å². The fourth-order valence-corrected chi connectivity index (χ4v) is 1.93. The Kier molecular flexibility index (Phi) is 8.35. The van der Waals surface area contributed by atoms with Gasteiger partial charge in [0.15, 0.2) is 0 Å². The zero-order valence-corrected chi connectivity index (χ0v) is 8.43. The second-order valence-electron chi connectivity index (χ2n) is 1.00. The molecule has 0 fully saturated rings. The van der Waals surface area contributed by atoms with E-state index in [1.54, 1.807) is 0 Å². The summed E-state index contributed by atoms with van der Waals surface area (Å²) in [5.41, 5.74) is 0. The summed E-state index contributed by atoms with van der Waals surface area (Å²) in [6.07, 6.45) is 2.17. The minimum absolute atomic E-state index is 0.344. The fraction of sp³-hybridized carbons (Fsp3) is 0.500. The molecule has 0 saturated carbocycles. The molecular weight excluding hydrogens is 316 g/mol. The maximum atomic E-state index is 3.03. The van der Waals surface area contributed by atoms with Gasteiger partial charge < -0.3 is 0 Å². The SMILES string of the molecule is CNC/C=C/[I-]I. The molecule has 7 heavy (non-hydrogen) atoms. The summed E-state index contributed by atoms with van der Waals surface area (Å²) in [5.74, 6) is 0. The van der Waals surface area contributed by atoms with Crippen molar-refractivity contribution < 1.29 is 17.2 Å². The fourth-order valence-electron chi connectivity index (χ4n) is 0.196. The molecule has 0 spiro atoms. The first-order valence-corrected chi connectivity index (χ1v) is 9.49. The van der Waals surface area contributed by atoms with Gasteiger partial charge in [-0.15, -0.1) is 0 Å². The van der Waals surface area contributed by atoms with E-state index in [1.807, 2.05) is 7.05 Å². The molecule has 0 aromatic carbocycles. The van der Waals surface area contributed by atoms with Gasteiger partial charge in [0.2, 0.25) is 0 Å². The van der Waals surface area contributed by atoms with Crippen LogP contribution in [-0.4, -0.2) is 13.6 Å². The number of nitrogens with one attached hydrogen (secondary N) is 1. The van der Waals surface area contributed by atoms with Crippen LogP contribution in [0.15, 0.2) is 10.2 Å². The van der Waals surface area contributed by atoms with Crippen LogP contribution in [0.1, 0.15) is 0 Å². The normalized spacial score (nSPS) is 11.1. The number of hydrogen-bond donors (Lipinski definition) is 1. The van der Waals surface area contributed by atoms with Gasteiger partial charge in [0.25, 0.3) is 0 Å². The quantitative estimate of drug-likeness (QED) is 0.602. The zero-order valence-electron chi connectivity index (χ0n) is 4.12. The topological polar surface area (TPSA) is 12.0 Å². The van der Waals surface area contributed by atoms with Crippen LogP contribution in [0.25, 0.3) is 0 Å². The third kappa shape index (κ3) is 7.16. The van der Waals surface area contributed by atoms with E-state index in [0.717, 1.165) is 6.54 Å². The van der Waals surface area contributed by atoms with Crippen molar-refractivity contribution in [3.8, 4) is 0 Å². The van der Waals surface area contributed by atoms with Gasteiger partial charge in [-0.1, -0.05) is 0 Å². The summed E-state index contributed by atoms with van der Waals surface area (Å²) >= 11 is 2.77. The minimum atomic E-state index is 0.344. The third-order valence-corrected chi connectivity index (χ3v) is 3.06. The molecule has 0 atom stereocenters. The molecule has 0 aromatic heterocycles. The van der Waals surface area contributed by atoms with Crippen molar-refractivity contribution >= 4 is 18.6 Å². The molecule has 0 aliphatic rings. The molecular formula is C4H8I2N-. The van der Waals surface area contributed by atoms with E-state index in [4.69, 9.17) is 0 Å². The van der Waals surface area contributed by atoms with Crippen LogP contribution in [0.4, 0.5) is 0 Å². The molecule has 0 bridgehead atoms. The Morgan fingerprint density at radius 1 is 1.86 bits per heavy atom. The van der Waals surface area contributed by atoms with Crippen molar-refractivity contribution in [1.82, 2.24) is 5.32 Å². The number of halogens is 2. The van der Waals surface area contributed by atoms with Crippen molar-refractivity contribution in [2.75, 3.05) is 13.6 Å². The van der Waals surface area contributed by atoms with E-state index < -0.39 is 0 Å². The van der Waals surface area contributed by atoms with E-state index in [9.17, 15) is 0 Å². The summed E-state index contributed by atoms with van der Waals surface area (Å²) in [7, 11) is 1.95. The molecule has 0 aromatic rings. The first kappa shape index (κ1) is 8.16. The van der Waals surface area contributed by atoms with E-state index in [-0.39, 0.29) is 0 Å². The Labute approximate surface area is 64.4 Å². The summed E-state index contributed by atoms with van der Waals surface area (Å²) < 4.78 is 2.25. The third-order valence-electron chi connectivity index (χ3n) is 0.459. The van der Waals surface area contributed by atoms with Crippen molar-refractivity contribution in [1.29, 1.82) is 0 Å². The molecule has 0 aliphatic carbocycles. The molecule has 0 rings (SSSR count). The Morgan fingerprint density at radius 3 is 3.00 bits per heavy atom. The monoisotopic (exact) mass is 324 g/mol. The second-order valence-corrected chi connectivity index (χ2v) is 5.35. The molecule has 44 valence electrons. The van der Waals surface area contributed by atoms with Crippen molar-refractivity contribution in [2.45, 2.75) is 0 Å². The predicted molar refractivity (Wildman–Crippen MR) is 37.1 cm³/mol. The predicted octanol–water partition coefficient (Wildman–Crippen LogP) is -1.84. The Morgan fingerprint density at radius 2 is 2.57 bits per heavy atom. The van der Waals surface area contributed by atoms with Crippen molar-refractivity contribution in [3.05, 3.63) is 10.2 Å². The van der Waals surface area contributed by atoms with Gasteiger partial charge in [0.05, 0.1) is 0 Å². The first-order chi connectivity index (χ1) is 3.41. The van der Waals surface area contributed by atoms with Crippen LogP contribution in [0, 0.1) is 0 Å². The first-order valence-electron chi connectivity index (χ1n) is 1.96. The molecule has 0 amide bonds. The molecule has 1 N–H and O–H groups in total. The van der Waals surface area contributed by atoms with Gasteiger partial charge >= 0.3 is 64.9 Å². The Bertz CT molecular complexity index is 53.7. The van der Waals surface area contributed by atoms with Crippen molar-refractivity contribution in [2.24, 2.45) is 0 Å². The van der Waals surface area contributed by atoms with Crippen LogP contribution in [-0.2, 0) is 0 Å². The van der Waals surface area contributed by atoms with E-state index in [2.05, 4.69) is 34.1 Å². The molecule has 1 nitrogen and oxygen atoms in total. The number of rotatable bonds is 3. The van der Waals surface area contributed by atoms with Crippen LogP contribution in [0.5, 0.6) is 0 Å². The summed E-state index contributed by atoms with van der Waals surface area (Å²) in [6, 6.07) is 0. The van der Waals surface area contributed by atoms with Crippen LogP contribution < -0.4 is 22.5 Å². The van der Waals surface area contributed by atoms with Gasteiger partial charge in [-0.25, -0.2) is 0 Å². The van der Waals surface area contributed by atoms with Gasteiger partial charge in [-0.05, 0) is 0 Å². The molecule has 0 unspecified atom stereocenters. The van der Waals surface area contributed by atoms with Gasteiger partial charge in [-0.3, -0.25) is 0 Å².